The van der Waals surface area contributed by atoms with Crippen molar-refractivity contribution in [2.45, 2.75) is 0 Å². The molecule has 0 aliphatic heterocycles. The smallest absolute Gasteiger partial charge is 0.235 e. The van der Waals surface area contributed by atoms with Crippen molar-refractivity contribution in [1.82, 2.24) is 0 Å². The van der Waals surface area contributed by atoms with Gasteiger partial charge in [0.15, 0.2) is 0 Å². The molecule has 1 aromatic rings. The largest absolute Gasteiger partial charge is 0.285 e. The molecule has 0 unspecified atom stereocenters. The molecule has 0 bridgehead atoms. The van der Waals surface area contributed by atoms with E-state index in [4.69, 9.17) is 0 Å². The van der Waals surface area contributed by atoms with Gasteiger partial charge in [-0.05, 0) is 0 Å². The molecule has 6 heavy (non-hydrogen) atoms. The molecule has 0 aromatic heterocycles. The first-order valence-electron chi connectivity index (χ1n) is 1.41. The minimum atomic E-state index is -0.560. The number of hydrogen-bond donors (Lipinski definition) is 0. The van der Waals surface area contributed by atoms with Crippen LogP contribution in [0.5, 0.6) is 0 Å². The zero-order valence-electron chi connectivity index (χ0n) is 2.82. The fraction of sp³-hybridized carbons (Fsp3) is 0. The minimum absolute atomic E-state index is 0.560. The van der Waals surface area contributed by atoms with E-state index in [1.807, 2.05) is 12.1 Å². The highest BCUT2D eigenvalue weighted by molar-refractivity contribution is 4.97. The van der Waals surface area contributed by atoms with Gasteiger partial charge in [-0.3, -0.25) is 9.59 Å². The fourth-order valence-electron chi connectivity index (χ4n) is 0.165. The summed E-state index contributed by atoms with van der Waals surface area (Å²) in [6.45, 7) is 0. The van der Waals surface area contributed by atoms with Gasteiger partial charge in [-0.1, -0.05) is 0 Å². The summed E-state index contributed by atoms with van der Waals surface area (Å²) < 4.78 is 0. The van der Waals surface area contributed by atoms with Gasteiger partial charge in [-0.25, -0.2) is 0 Å². The molecular weight excluding hydrogens is 80.0 g/mol. The Morgan fingerprint density at radius 1 is 1.00 bits per heavy atom. The van der Waals surface area contributed by atoms with Gasteiger partial charge in [0.05, 0.1) is 12.1 Å². The first-order chi connectivity index (χ1) is 2.80. The second kappa shape index (κ2) is 0.772. The molecule has 28 valence electrons. The Labute approximate surface area is 33.7 Å². The lowest BCUT2D eigenvalue weighted by Gasteiger charge is -1.67. The lowest BCUT2D eigenvalue weighted by molar-refractivity contribution is 1.39. The van der Waals surface area contributed by atoms with Crippen LogP contribution >= 0.6 is 0 Å². The van der Waals surface area contributed by atoms with Gasteiger partial charge in [-0.2, -0.15) is 0 Å². The average molecular weight is 80.0 g/mol. The quantitative estimate of drug-likeness (QED) is 0.370. The van der Waals surface area contributed by atoms with Gasteiger partial charge in [0.2, 0.25) is 10.9 Å². The van der Waals surface area contributed by atoms with Crippen molar-refractivity contribution in [1.29, 1.82) is 0 Å². The molecule has 0 saturated carbocycles. The van der Waals surface area contributed by atoms with Gasteiger partial charge in [0, 0.05) is 0 Å². The number of rotatable bonds is 0. The second-order valence-electron chi connectivity index (χ2n) is 0.908. The topological polar surface area (TPSA) is 34.1 Å². The van der Waals surface area contributed by atoms with Crippen LogP contribution in [0.25, 0.3) is 0 Å². The maximum atomic E-state index is 9.71. The highest BCUT2D eigenvalue weighted by atomic mass is 16.2. The standard InChI is InChI=1S/C4O2/c5-3-1-2-4(3)6. The van der Waals surface area contributed by atoms with Crippen LogP contribution < -0.4 is 10.9 Å². The molecule has 2 heteroatoms. The van der Waals surface area contributed by atoms with Crippen LogP contribution in [0.1, 0.15) is 0 Å². The van der Waals surface area contributed by atoms with Crippen LogP contribution in [-0.4, -0.2) is 0 Å². The maximum Gasteiger partial charge on any atom is 0.235 e. The van der Waals surface area contributed by atoms with Gasteiger partial charge in [0.25, 0.3) is 0 Å². The lowest BCUT2D eigenvalue weighted by atomic mass is 10.3. The van der Waals surface area contributed by atoms with Crippen molar-refractivity contribution in [2.75, 3.05) is 0 Å². The summed E-state index contributed by atoms with van der Waals surface area (Å²) in [4.78, 5) is 19.4. The summed E-state index contributed by atoms with van der Waals surface area (Å²) in [5.41, 5.74) is -1.12. The van der Waals surface area contributed by atoms with Crippen molar-refractivity contribution in [2.24, 2.45) is 0 Å². The zero-order chi connectivity index (χ0) is 4.57. The van der Waals surface area contributed by atoms with Crippen molar-refractivity contribution in [3.63, 3.8) is 0 Å². The van der Waals surface area contributed by atoms with Crippen LogP contribution in [-0.2, 0) is 0 Å². The minimum Gasteiger partial charge on any atom is -0.285 e. The molecule has 1 rings (SSSR count). The van der Waals surface area contributed by atoms with E-state index in [9.17, 15) is 9.59 Å². The van der Waals surface area contributed by atoms with Crippen molar-refractivity contribution >= 4 is 0 Å². The summed E-state index contributed by atoms with van der Waals surface area (Å²) in [6.07, 6.45) is 0. The van der Waals surface area contributed by atoms with E-state index in [2.05, 4.69) is 0 Å². The second-order valence-corrected chi connectivity index (χ2v) is 0.908. The predicted octanol–water partition coefficient (Wildman–Crippen LogP) is -1.12. The summed E-state index contributed by atoms with van der Waals surface area (Å²) in [5.74, 6) is 0. The van der Waals surface area contributed by atoms with Gasteiger partial charge in [-0.15, -0.1) is 0 Å². The highest BCUT2D eigenvalue weighted by Gasteiger charge is 1.92. The van der Waals surface area contributed by atoms with Gasteiger partial charge < -0.3 is 0 Å². The van der Waals surface area contributed by atoms with Crippen LogP contribution in [0.15, 0.2) is 9.59 Å². The molecule has 0 N–H and O–H groups in total. The summed E-state index contributed by atoms with van der Waals surface area (Å²) in [7, 11) is 0. The average Bonchev–Trinajstić information content (AvgIpc) is 1.61. The first-order valence-corrected chi connectivity index (χ1v) is 1.41. The molecule has 0 amide bonds. The van der Waals surface area contributed by atoms with E-state index < -0.39 is 10.9 Å². The highest BCUT2D eigenvalue weighted by Crippen LogP contribution is 1.50. The van der Waals surface area contributed by atoms with Crippen LogP contribution in [0.3, 0.4) is 0 Å². The normalized spacial score (nSPS) is 9.33. The Morgan fingerprint density at radius 3 is 1.33 bits per heavy atom. The molecule has 0 fully saturated rings. The maximum absolute atomic E-state index is 9.71. The van der Waals surface area contributed by atoms with E-state index in [0.29, 0.717) is 0 Å². The molecule has 0 spiro atoms. The molecular formula is C4O2. The molecule has 0 aliphatic carbocycles. The Balaban J connectivity index is 3.58. The van der Waals surface area contributed by atoms with Crippen LogP contribution in [0, 0.1) is 12.1 Å². The van der Waals surface area contributed by atoms with E-state index in [1.54, 1.807) is 0 Å². The van der Waals surface area contributed by atoms with Crippen molar-refractivity contribution in [3.8, 4) is 0 Å². The Morgan fingerprint density at radius 2 is 1.33 bits per heavy atom. The van der Waals surface area contributed by atoms with E-state index in [-0.39, 0.29) is 0 Å². The summed E-state index contributed by atoms with van der Waals surface area (Å²) in [5, 5.41) is 0. The van der Waals surface area contributed by atoms with Crippen molar-refractivity contribution < 1.29 is 0 Å². The molecule has 2 nitrogen and oxygen atoms in total. The molecule has 0 aliphatic rings. The molecule has 1 aromatic carbocycles. The summed E-state index contributed by atoms with van der Waals surface area (Å²) >= 11 is 0. The molecule has 2 radical (unpaired) electrons. The third-order valence-corrected chi connectivity index (χ3v) is 0.496. The first kappa shape index (κ1) is 3.28. The third kappa shape index (κ3) is 0.204. The Hall–Kier alpha value is -0.920. The molecule has 0 saturated heterocycles. The van der Waals surface area contributed by atoms with E-state index in [1.165, 1.54) is 0 Å². The van der Waals surface area contributed by atoms with Crippen molar-refractivity contribution in [3.05, 3.63) is 32.6 Å². The summed E-state index contributed by atoms with van der Waals surface area (Å²) in [6, 6.07) is 4.04. The van der Waals surface area contributed by atoms with Gasteiger partial charge >= 0.3 is 0 Å². The Kier molecular flexibility index (Phi) is 0.422. The number of hydrogen-bond acceptors (Lipinski definition) is 2. The van der Waals surface area contributed by atoms with E-state index in [0.717, 1.165) is 0 Å². The lowest BCUT2D eigenvalue weighted by Crippen LogP contribution is -2.27. The molecule has 0 heterocycles. The Bertz CT molecular complexity index is 180. The van der Waals surface area contributed by atoms with Crippen LogP contribution in [0.4, 0.5) is 0 Å². The fourth-order valence-corrected chi connectivity index (χ4v) is 0.165. The van der Waals surface area contributed by atoms with E-state index >= 15 is 0 Å². The predicted molar refractivity (Wildman–Crippen MR) is 19.0 cm³/mol. The van der Waals surface area contributed by atoms with Gasteiger partial charge in [0.1, 0.15) is 0 Å². The molecule has 0 atom stereocenters. The zero-order valence-corrected chi connectivity index (χ0v) is 2.82. The third-order valence-electron chi connectivity index (χ3n) is 0.496. The monoisotopic (exact) mass is 80.0 g/mol. The van der Waals surface area contributed by atoms with Crippen LogP contribution in [0.2, 0.25) is 0 Å². The SMILES string of the molecule is O=c1[c][c]c1=O.